The highest BCUT2D eigenvalue weighted by atomic mass is 127. The van der Waals surface area contributed by atoms with E-state index in [0.29, 0.717) is 0 Å². The predicted molar refractivity (Wildman–Crippen MR) is 122 cm³/mol. The number of nitrogens with zero attached hydrogens (tertiary/aromatic N) is 4. The summed E-state index contributed by atoms with van der Waals surface area (Å²) in [5.41, 5.74) is 1.20. The van der Waals surface area contributed by atoms with E-state index in [-0.39, 0.29) is 24.0 Å². The highest BCUT2D eigenvalue weighted by Crippen LogP contribution is 2.24. The van der Waals surface area contributed by atoms with E-state index in [4.69, 9.17) is 4.98 Å². The Labute approximate surface area is 177 Å². The molecule has 0 bridgehead atoms. The van der Waals surface area contributed by atoms with Crippen LogP contribution in [-0.2, 0) is 6.42 Å². The first-order valence-corrected chi connectivity index (χ1v) is 11.0. The Morgan fingerprint density at radius 2 is 2.16 bits per heavy atom. The minimum absolute atomic E-state index is 0. The quantitative estimate of drug-likeness (QED) is 0.386. The Morgan fingerprint density at radius 3 is 2.88 bits per heavy atom. The first-order valence-electron chi connectivity index (χ1n) is 9.06. The zero-order chi connectivity index (χ0) is 16.8. The summed E-state index contributed by atoms with van der Waals surface area (Å²) in [7, 11) is 1.89. The number of guanidine groups is 1. The van der Waals surface area contributed by atoms with Gasteiger partial charge in [0.05, 0.1) is 5.69 Å². The van der Waals surface area contributed by atoms with Crippen LogP contribution in [0.4, 0.5) is 5.13 Å². The molecule has 25 heavy (non-hydrogen) atoms. The number of thioether (sulfide) groups is 1. The SMILES string of the molecule is CCC1CN(C(=NC)NCCc2csc(N3CCCC3)n2)CCS1.I. The molecule has 0 aliphatic carbocycles. The summed E-state index contributed by atoms with van der Waals surface area (Å²) in [5, 5.41) is 7.67. The van der Waals surface area contributed by atoms with E-state index < -0.39 is 0 Å². The largest absolute Gasteiger partial charge is 0.356 e. The van der Waals surface area contributed by atoms with Crippen LogP contribution in [0, 0.1) is 0 Å². The molecule has 0 spiro atoms. The van der Waals surface area contributed by atoms with Gasteiger partial charge in [0, 0.05) is 62.6 Å². The predicted octanol–water partition coefficient (Wildman–Crippen LogP) is 3.31. The van der Waals surface area contributed by atoms with Crippen LogP contribution in [-0.4, -0.2) is 66.6 Å². The van der Waals surface area contributed by atoms with E-state index in [1.165, 1.54) is 48.9 Å². The van der Waals surface area contributed by atoms with E-state index in [9.17, 15) is 0 Å². The van der Waals surface area contributed by atoms with Crippen molar-refractivity contribution < 1.29 is 0 Å². The molecular formula is C17H30IN5S2. The molecule has 5 nitrogen and oxygen atoms in total. The summed E-state index contributed by atoms with van der Waals surface area (Å²) >= 11 is 3.88. The molecule has 8 heteroatoms. The van der Waals surface area contributed by atoms with Crippen LogP contribution in [0.1, 0.15) is 31.9 Å². The number of hydrogen-bond acceptors (Lipinski definition) is 5. The number of halogens is 1. The lowest BCUT2D eigenvalue weighted by Crippen LogP contribution is -2.48. The second-order valence-electron chi connectivity index (χ2n) is 6.39. The third-order valence-corrected chi connectivity index (χ3v) is 7.01. The van der Waals surface area contributed by atoms with Gasteiger partial charge in [-0.2, -0.15) is 11.8 Å². The third-order valence-electron chi connectivity index (χ3n) is 4.69. The van der Waals surface area contributed by atoms with Crippen LogP contribution in [0.5, 0.6) is 0 Å². The van der Waals surface area contributed by atoms with Crippen molar-refractivity contribution in [3.05, 3.63) is 11.1 Å². The maximum atomic E-state index is 4.80. The van der Waals surface area contributed by atoms with Crippen LogP contribution in [0.15, 0.2) is 10.4 Å². The summed E-state index contributed by atoms with van der Waals surface area (Å²) in [6.45, 7) is 7.72. The van der Waals surface area contributed by atoms with Crippen molar-refractivity contribution in [3.8, 4) is 0 Å². The summed E-state index contributed by atoms with van der Waals surface area (Å²) < 4.78 is 0. The smallest absolute Gasteiger partial charge is 0.193 e. The Bertz CT molecular complexity index is 545. The fourth-order valence-electron chi connectivity index (χ4n) is 3.26. The van der Waals surface area contributed by atoms with Crippen molar-refractivity contribution in [1.29, 1.82) is 0 Å². The van der Waals surface area contributed by atoms with Gasteiger partial charge in [0.15, 0.2) is 11.1 Å². The molecular weight excluding hydrogens is 465 g/mol. The van der Waals surface area contributed by atoms with Gasteiger partial charge >= 0.3 is 0 Å². The highest BCUT2D eigenvalue weighted by Gasteiger charge is 2.21. The lowest BCUT2D eigenvalue weighted by atomic mass is 10.3. The van der Waals surface area contributed by atoms with Crippen molar-refractivity contribution in [2.45, 2.75) is 37.9 Å². The number of thiazole rings is 1. The Balaban J connectivity index is 0.00000225. The van der Waals surface area contributed by atoms with Crippen molar-refractivity contribution >= 4 is 58.2 Å². The standard InChI is InChI=1S/C17H29N5S2.HI/c1-3-15-12-22(10-11-23-15)16(18-2)19-7-6-14-13-24-17(20-14)21-8-4-5-9-21;/h13,15H,3-12H2,1-2H3,(H,18,19);1H. The van der Waals surface area contributed by atoms with Crippen molar-refractivity contribution in [1.82, 2.24) is 15.2 Å². The number of aromatic nitrogens is 1. The third kappa shape index (κ3) is 5.89. The molecule has 2 aliphatic rings. The van der Waals surface area contributed by atoms with Crippen molar-refractivity contribution in [2.75, 3.05) is 50.4 Å². The minimum atomic E-state index is 0. The minimum Gasteiger partial charge on any atom is -0.356 e. The van der Waals surface area contributed by atoms with Crippen molar-refractivity contribution in [2.24, 2.45) is 4.99 Å². The molecule has 3 rings (SSSR count). The molecule has 1 N–H and O–H groups in total. The fourth-order valence-corrected chi connectivity index (χ4v) is 5.35. The molecule has 2 fully saturated rings. The number of anilines is 1. The first-order chi connectivity index (χ1) is 11.8. The molecule has 0 saturated carbocycles. The van der Waals surface area contributed by atoms with Crippen LogP contribution < -0.4 is 10.2 Å². The van der Waals surface area contributed by atoms with E-state index in [2.05, 4.69) is 44.2 Å². The highest BCUT2D eigenvalue weighted by molar-refractivity contribution is 14.0. The lowest BCUT2D eigenvalue weighted by molar-refractivity contribution is 0.408. The Hall–Kier alpha value is -0.220. The maximum Gasteiger partial charge on any atom is 0.193 e. The molecule has 0 amide bonds. The molecule has 0 radical (unpaired) electrons. The molecule has 3 heterocycles. The van der Waals surface area contributed by atoms with Gasteiger partial charge in [-0.05, 0) is 19.3 Å². The average Bonchev–Trinajstić information content (AvgIpc) is 3.30. The molecule has 1 unspecified atom stereocenters. The summed E-state index contributed by atoms with van der Waals surface area (Å²) in [6, 6.07) is 0. The average molecular weight is 496 g/mol. The van der Waals surface area contributed by atoms with Crippen LogP contribution in [0.2, 0.25) is 0 Å². The zero-order valence-corrected chi connectivity index (χ0v) is 19.2. The first kappa shape index (κ1) is 21.1. The molecule has 1 atom stereocenters. The molecule has 0 aromatic carbocycles. The van der Waals surface area contributed by atoms with Gasteiger partial charge in [0.25, 0.3) is 0 Å². The fraction of sp³-hybridized carbons (Fsp3) is 0.765. The zero-order valence-electron chi connectivity index (χ0n) is 15.2. The van der Waals surface area contributed by atoms with Gasteiger partial charge in [-0.25, -0.2) is 4.98 Å². The van der Waals surface area contributed by atoms with Crippen LogP contribution in [0.3, 0.4) is 0 Å². The van der Waals surface area contributed by atoms with Gasteiger partial charge in [0.2, 0.25) is 0 Å². The monoisotopic (exact) mass is 495 g/mol. The number of hydrogen-bond donors (Lipinski definition) is 1. The van der Waals surface area contributed by atoms with E-state index >= 15 is 0 Å². The molecule has 2 saturated heterocycles. The number of aliphatic imine (C=N–C) groups is 1. The Morgan fingerprint density at radius 1 is 1.36 bits per heavy atom. The maximum absolute atomic E-state index is 4.80. The van der Waals surface area contributed by atoms with E-state index in [1.807, 2.05) is 7.05 Å². The second-order valence-corrected chi connectivity index (χ2v) is 8.63. The number of nitrogens with one attached hydrogen (secondary N) is 1. The van der Waals surface area contributed by atoms with Gasteiger partial charge in [-0.1, -0.05) is 6.92 Å². The van der Waals surface area contributed by atoms with Gasteiger partial charge in [-0.15, -0.1) is 35.3 Å². The Kier molecular flexibility index (Phi) is 9.12. The summed E-state index contributed by atoms with van der Waals surface area (Å²) in [6.07, 6.45) is 4.80. The lowest BCUT2D eigenvalue weighted by Gasteiger charge is -2.34. The molecule has 1 aromatic heterocycles. The van der Waals surface area contributed by atoms with Crippen molar-refractivity contribution in [3.63, 3.8) is 0 Å². The molecule has 2 aliphatic heterocycles. The normalized spacial score (nSPS) is 21.4. The van der Waals surface area contributed by atoms with Crippen LogP contribution in [0.25, 0.3) is 0 Å². The van der Waals surface area contributed by atoms with E-state index in [1.54, 1.807) is 11.3 Å². The second kappa shape index (κ2) is 10.8. The summed E-state index contributed by atoms with van der Waals surface area (Å²) in [4.78, 5) is 14.1. The van der Waals surface area contributed by atoms with Gasteiger partial charge in [0.1, 0.15) is 0 Å². The topological polar surface area (TPSA) is 43.8 Å². The van der Waals surface area contributed by atoms with Gasteiger partial charge in [-0.3, -0.25) is 4.99 Å². The number of rotatable bonds is 5. The summed E-state index contributed by atoms with van der Waals surface area (Å²) in [5.74, 6) is 2.24. The van der Waals surface area contributed by atoms with Gasteiger partial charge < -0.3 is 15.1 Å². The molecule has 142 valence electrons. The molecule has 1 aromatic rings. The van der Waals surface area contributed by atoms with Crippen LogP contribution >= 0.6 is 47.1 Å². The van der Waals surface area contributed by atoms with E-state index in [0.717, 1.165) is 37.3 Å².